The molecule has 1 rings (SSSR count). The van der Waals surface area contributed by atoms with E-state index in [2.05, 4.69) is 4.74 Å². The molecular formula is C9H7NO2. The molecule has 0 spiro atoms. The van der Waals surface area contributed by atoms with E-state index in [4.69, 9.17) is 5.26 Å². The highest BCUT2D eigenvalue weighted by atomic mass is 16.5. The van der Waals surface area contributed by atoms with Crippen LogP contribution < -0.4 is 0 Å². The molecule has 0 radical (unpaired) electrons. The van der Waals surface area contributed by atoms with Crippen molar-refractivity contribution in [2.45, 2.75) is 6.61 Å². The van der Waals surface area contributed by atoms with E-state index in [0.29, 0.717) is 12.0 Å². The van der Waals surface area contributed by atoms with E-state index in [-0.39, 0.29) is 6.61 Å². The molecule has 0 heterocycles. The van der Waals surface area contributed by atoms with Crippen molar-refractivity contribution in [3.05, 3.63) is 35.4 Å². The summed E-state index contributed by atoms with van der Waals surface area (Å²) in [6.07, 6.45) is 0. The second-order valence-corrected chi connectivity index (χ2v) is 2.18. The van der Waals surface area contributed by atoms with Gasteiger partial charge in [0.05, 0.1) is 11.6 Å². The quantitative estimate of drug-likeness (QED) is 0.626. The van der Waals surface area contributed by atoms with E-state index in [1.54, 1.807) is 24.3 Å². The Labute approximate surface area is 70.2 Å². The summed E-state index contributed by atoms with van der Waals surface area (Å²) in [5.74, 6) is 0. The van der Waals surface area contributed by atoms with Gasteiger partial charge in [0.15, 0.2) is 0 Å². The molecule has 0 unspecified atom stereocenters. The molecule has 12 heavy (non-hydrogen) atoms. The predicted octanol–water partition coefficient (Wildman–Crippen LogP) is 1.23. The summed E-state index contributed by atoms with van der Waals surface area (Å²) in [6, 6.07) is 9.01. The van der Waals surface area contributed by atoms with E-state index in [1.165, 1.54) is 0 Å². The topological polar surface area (TPSA) is 50.1 Å². The van der Waals surface area contributed by atoms with Crippen LogP contribution >= 0.6 is 0 Å². The second kappa shape index (κ2) is 4.14. The van der Waals surface area contributed by atoms with Gasteiger partial charge >= 0.3 is 0 Å². The summed E-state index contributed by atoms with van der Waals surface area (Å²) in [5.41, 5.74) is 1.27. The Morgan fingerprint density at radius 1 is 1.50 bits per heavy atom. The molecule has 1 aromatic rings. The maximum Gasteiger partial charge on any atom is 0.293 e. The highest BCUT2D eigenvalue weighted by Crippen LogP contribution is 2.07. The van der Waals surface area contributed by atoms with Gasteiger partial charge in [-0.25, -0.2) is 0 Å². The first kappa shape index (κ1) is 8.28. The minimum Gasteiger partial charge on any atom is -0.463 e. The highest BCUT2D eigenvalue weighted by Gasteiger charge is 1.98. The fourth-order valence-electron chi connectivity index (χ4n) is 0.879. The molecule has 0 aromatic heterocycles. The third kappa shape index (κ3) is 1.83. The molecule has 60 valence electrons. The Hall–Kier alpha value is -1.82. The molecule has 0 atom stereocenters. The Morgan fingerprint density at radius 2 is 2.25 bits per heavy atom. The Bertz CT molecular complexity index is 315. The Balaban J connectivity index is 2.83. The van der Waals surface area contributed by atoms with Crippen LogP contribution in [0.15, 0.2) is 24.3 Å². The SMILES string of the molecule is N#Cc1ccccc1COC=O. The van der Waals surface area contributed by atoms with Crippen LogP contribution in [-0.4, -0.2) is 6.47 Å². The van der Waals surface area contributed by atoms with E-state index in [0.717, 1.165) is 5.56 Å². The number of benzene rings is 1. The Morgan fingerprint density at radius 3 is 2.92 bits per heavy atom. The molecule has 0 aliphatic heterocycles. The number of rotatable bonds is 3. The van der Waals surface area contributed by atoms with E-state index < -0.39 is 0 Å². The van der Waals surface area contributed by atoms with Gasteiger partial charge in [-0.15, -0.1) is 0 Å². The van der Waals surface area contributed by atoms with Crippen LogP contribution in [0.25, 0.3) is 0 Å². The van der Waals surface area contributed by atoms with E-state index in [9.17, 15) is 4.79 Å². The summed E-state index contributed by atoms with van der Waals surface area (Å²) in [7, 11) is 0. The van der Waals surface area contributed by atoms with Crippen LogP contribution in [0, 0.1) is 11.3 Å². The number of ether oxygens (including phenoxy) is 1. The molecular weight excluding hydrogens is 154 g/mol. The summed E-state index contributed by atoms with van der Waals surface area (Å²) < 4.78 is 4.53. The van der Waals surface area contributed by atoms with Crippen molar-refractivity contribution in [1.29, 1.82) is 5.26 Å². The zero-order valence-corrected chi connectivity index (χ0v) is 6.36. The van der Waals surface area contributed by atoms with Crippen molar-refractivity contribution < 1.29 is 9.53 Å². The first-order valence-corrected chi connectivity index (χ1v) is 3.41. The highest BCUT2D eigenvalue weighted by molar-refractivity contribution is 5.40. The summed E-state index contributed by atoms with van der Waals surface area (Å²) in [5, 5.41) is 8.62. The average molecular weight is 161 g/mol. The van der Waals surface area contributed by atoms with Gasteiger partial charge in [0.1, 0.15) is 6.61 Å². The largest absolute Gasteiger partial charge is 0.463 e. The lowest BCUT2D eigenvalue weighted by atomic mass is 10.1. The van der Waals surface area contributed by atoms with Crippen molar-refractivity contribution in [1.82, 2.24) is 0 Å². The summed E-state index contributed by atoms with van der Waals surface area (Å²) in [6.45, 7) is 0.529. The van der Waals surface area contributed by atoms with Crippen molar-refractivity contribution in [3.8, 4) is 6.07 Å². The fraction of sp³-hybridized carbons (Fsp3) is 0.111. The number of carbonyl (C=O) groups is 1. The van der Waals surface area contributed by atoms with Crippen LogP contribution in [0.5, 0.6) is 0 Å². The first-order valence-electron chi connectivity index (χ1n) is 3.41. The van der Waals surface area contributed by atoms with Gasteiger partial charge in [0.25, 0.3) is 6.47 Å². The molecule has 0 saturated heterocycles. The number of hydrogen-bond acceptors (Lipinski definition) is 3. The molecule has 0 aliphatic rings. The molecule has 0 fully saturated rings. The van der Waals surface area contributed by atoms with Crippen LogP contribution in [0.3, 0.4) is 0 Å². The number of hydrogen-bond donors (Lipinski definition) is 0. The monoisotopic (exact) mass is 161 g/mol. The molecule has 0 bridgehead atoms. The van der Waals surface area contributed by atoms with Gasteiger partial charge < -0.3 is 4.74 Å². The van der Waals surface area contributed by atoms with Gasteiger partial charge in [-0.1, -0.05) is 18.2 Å². The second-order valence-electron chi connectivity index (χ2n) is 2.18. The third-order valence-electron chi connectivity index (χ3n) is 1.44. The van der Waals surface area contributed by atoms with Gasteiger partial charge in [-0.3, -0.25) is 4.79 Å². The van der Waals surface area contributed by atoms with Crippen LogP contribution in [0.4, 0.5) is 0 Å². The molecule has 0 N–H and O–H groups in total. The third-order valence-corrected chi connectivity index (χ3v) is 1.44. The number of nitrogens with zero attached hydrogens (tertiary/aromatic N) is 1. The van der Waals surface area contributed by atoms with Crippen LogP contribution in [0.1, 0.15) is 11.1 Å². The lowest BCUT2D eigenvalue weighted by molar-refractivity contribution is -0.129. The van der Waals surface area contributed by atoms with Gasteiger partial charge in [0.2, 0.25) is 0 Å². The van der Waals surface area contributed by atoms with E-state index >= 15 is 0 Å². The molecule has 0 saturated carbocycles. The Kier molecular flexibility index (Phi) is 2.86. The van der Waals surface area contributed by atoms with Crippen LogP contribution in [-0.2, 0) is 16.1 Å². The maximum absolute atomic E-state index is 9.87. The minimum atomic E-state index is 0.160. The van der Waals surface area contributed by atoms with E-state index in [1.807, 2.05) is 6.07 Å². The molecule has 1 aromatic carbocycles. The predicted molar refractivity (Wildman–Crippen MR) is 42.0 cm³/mol. The van der Waals surface area contributed by atoms with Crippen molar-refractivity contribution in [2.75, 3.05) is 0 Å². The maximum atomic E-state index is 9.87. The number of nitriles is 1. The van der Waals surface area contributed by atoms with Crippen molar-refractivity contribution in [3.63, 3.8) is 0 Å². The lowest BCUT2D eigenvalue weighted by Crippen LogP contribution is -1.93. The summed E-state index contributed by atoms with van der Waals surface area (Å²) in [4.78, 5) is 9.87. The normalized spacial score (nSPS) is 8.58. The van der Waals surface area contributed by atoms with Crippen molar-refractivity contribution in [2.24, 2.45) is 0 Å². The van der Waals surface area contributed by atoms with Gasteiger partial charge in [-0.2, -0.15) is 5.26 Å². The first-order chi connectivity index (χ1) is 5.88. The lowest BCUT2D eigenvalue weighted by Gasteiger charge is -2.00. The fourth-order valence-corrected chi connectivity index (χ4v) is 0.879. The van der Waals surface area contributed by atoms with Gasteiger partial charge in [0, 0.05) is 5.56 Å². The molecule has 0 amide bonds. The zero-order chi connectivity index (χ0) is 8.81. The smallest absolute Gasteiger partial charge is 0.293 e. The summed E-state index contributed by atoms with van der Waals surface area (Å²) >= 11 is 0. The van der Waals surface area contributed by atoms with Crippen LogP contribution in [0.2, 0.25) is 0 Å². The zero-order valence-electron chi connectivity index (χ0n) is 6.36. The van der Waals surface area contributed by atoms with Crippen molar-refractivity contribution >= 4 is 6.47 Å². The molecule has 3 nitrogen and oxygen atoms in total. The van der Waals surface area contributed by atoms with Gasteiger partial charge in [-0.05, 0) is 6.07 Å². The minimum absolute atomic E-state index is 0.160. The molecule has 3 heteroatoms. The molecule has 0 aliphatic carbocycles. The number of carbonyl (C=O) groups excluding carboxylic acids is 1. The standard InChI is InChI=1S/C9H7NO2/c10-5-8-3-1-2-4-9(8)6-12-7-11/h1-4,7H,6H2. The average Bonchev–Trinajstić information content (AvgIpc) is 2.15.